The number of carbonyl (C=O) groups is 1. The van der Waals surface area contributed by atoms with E-state index >= 15 is 0 Å². The molecule has 4 atom stereocenters. The average Bonchev–Trinajstić information content (AvgIpc) is 3.34. The van der Waals surface area contributed by atoms with Crippen LogP contribution in [0.15, 0.2) is 30.2 Å². The molecule has 6 heteroatoms. The minimum Gasteiger partial charge on any atom is -0.370 e. The summed E-state index contributed by atoms with van der Waals surface area (Å²) < 4.78 is 6.48. The minimum atomic E-state index is -0.144. The summed E-state index contributed by atoms with van der Waals surface area (Å²) in [6, 6.07) is 0. The van der Waals surface area contributed by atoms with Gasteiger partial charge in [-0.1, -0.05) is 18.6 Å². The molecular weight excluding hydrogens is 340 g/mol. The fraction of sp³-hybridized carbons (Fsp3) is 0.667. The second-order valence-corrected chi connectivity index (χ2v) is 8.26. The molecule has 0 saturated carbocycles. The van der Waals surface area contributed by atoms with Crippen molar-refractivity contribution in [1.82, 2.24) is 20.2 Å². The lowest BCUT2D eigenvalue weighted by Crippen LogP contribution is -2.42. The lowest BCUT2D eigenvalue weighted by molar-refractivity contribution is 0.00290. The van der Waals surface area contributed by atoms with E-state index in [4.69, 9.17) is 4.74 Å². The fourth-order valence-electron chi connectivity index (χ4n) is 5.09. The molecule has 0 unspecified atom stereocenters. The lowest BCUT2D eigenvalue weighted by Gasteiger charge is -2.29. The van der Waals surface area contributed by atoms with E-state index in [1.807, 2.05) is 0 Å². The predicted molar refractivity (Wildman–Crippen MR) is 103 cm³/mol. The summed E-state index contributed by atoms with van der Waals surface area (Å²) in [5.41, 5.74) is 1.87. The SMILES string of the molecule is CCC(C)=CCCN1C[C@@H]2[C@H](CNC(=O)c3cnccn3)[C@H]3CC[C@]2(C1)O3. The first kappa shape index (κ1) is 18.6. The van der Waals surface area contributed by atoms with Gasteiger partial charge < -0.3 is 10.1 Å². The van der Waals surface area contributed by atoms with E-state index in [0.29, 0.717) is 30.2 Å². The molecule has 0 aromatic carbocycles. The molecule has 1 aromatic rings. The molecule has 4 heterocycles. The van der Waals surface area contributed by atoms with Crippen molar-refractivity contribution in [2.45, 2.75) is 51.2 Å². The maximum atomic E-state index is 12.3. The van der Waals surface area contributed by atoms with Crippen LogP contribution in [0.1, 0.15) is 50.0 Å². The molecule has 4 rings (SSSR count). The van der Waals surface area contributed by atoms with Gasteiger partial charge in [0, 0.05) is 50.4 Å². The maximum absolute atomic E-state index is 12.3. The standard InChI is InChI=1S/C21H30N4O2/c1-3-15(2)5-4-10-25-13-17-16(19-6-7-21(17,14-25)27-19)11-24-20(26)18-12-22-8-9-23-18/h5,8-9,12,16-17,19H,3-4,6-7,10-11,13-14H2,1-2H3,(H,24,26)/t16-,17+,19+,21+/m0/s1. The number of nitrogens with one attached hydrogen (secondary N) is 1. The van der Waals surface area contributed by atoms with Gasteiger partial charge in [0.2, 0.25) is 0 Å². The second-order valence-electron chi connectivity index (χ2n) is 8.26. The Morgan fingerprint density at radius 2 is 2.37 bits per heavy atom. The van der Waals surface area contributed by atoms with Gasteiger partial charge in [0.1, 0.15) is 5.69 Å². The molecule has 0 radical (unpaired) electrons. The first-order chi connectivity index (χ1) is 13.1. The summed E-state index contributed by atoms with van der Waals surface area (Å²) >= 11 is 0. The number of carbonyl (C=O) groups excluding carboxylic acids is 1. The second kappa shape index (κ2) is 7.68. The van der Waals surface area contributed by atoms with Crippen LogP contribution < -0.4 is 5.32 Å². The monoisotopic (exact) mass is 370 g/mol. The van der Waals surface area contributed by atoms with Gasteiger partial charge in [-0.25, -0.2) is 4.98 Å². The molecule has 3 aliphatic rings. The molecule has 1 spiro atoms. The van der Waals surface area contributed by atoms with Crippen LogP contribution >= 0.6 is 0 Å². The van der Waals surface area contributed by atoms with Crippen LogP contribution in [0, 0.1) is 11.8 Å². The van der Waals surface area contributed by atoms with Gasteiger partial charge in [0.25, 0.3) is 5.91 Å². The predicted octanol–water partition coefficient (Wildman–Crippen LogP) is 2.43. The van der Waals surface area contributed by atoms with Crippen molar-refractivity contribution < 1.29 is 9.53 Å². The topological polar surface area (TPSA) is 67.4 Å². The van der Waals surface area contributed by atoms with Gasteiger partial charge in [-0.2, -0.15) is 0 Å². The van der Waals surface area contributed by atoms with E-state index in [9.17, 15) is 4.79 Å². The van der Waals surface area contributed by atoms with Crippen LogP contribution in [0.3, 0.4) is 0 Å². The Bertz CT molecular complexity index is 707. The third kappa shape index (κ3) is 3.65. The van der Waals surface area contributed by atoms with Crippen molar-refractivity contribution in [3.05, 3.63) is 35.9 Å². The Balaban J connectivity index is 1.35. The molecule has 1 N–H and O–H groups in total. The Morgan fingerprint density at radius 1 is 1.48 bits per heavy atom. The summed E-state index contributed by atoms with van der Waals surface area (Å²) in [7, 11) is 0. The van der Waals surface area contributed by atoms with Crippen LogP contribution in [0.25, 0.3) is 0 Å². The van der Waals surface area contributed by atoms with Gasteiger partial charge >= 0.3 is 0 Å². The van der Waals surface area contributed by atoms with Crippen molar-refractivity contribution in [2.75, 3.05) is 26.2 Å². The lowest BCUT2D eigenvalue weighted by atomic mass is 9.73. The van der Waals surface area contributed by atoms with E-state index < -0.39 is 0 Å². The number of hydrogen-bond acceptors (Lipinski definition) is 5. The number of ether oxygens (including phenoxy) is 1. The highest BCUT2D eigenvalue weighted by Gasteiger charge is 2.62. The number of fused-ring (bicyclic) bond motifs is 1. The molecule has 0 aliphatic carbocycles. The average molecular weight is 370 g/mol. The van der Waals surface area contributed by atoms with Gasteiger partial charge in [0.15, 0.2) is 0 Å². The highest BCUT2D eigenvalue weighted by atomic mass is 16.5. The van der Waals surface area contributed by atoms with Crippen LogP contribution in [0.4, 0.5) is 0 Å². The van der Waals surface area contributed by atoms with E-state index in [1.165, 1.54) is 11.8 Å². The Hall–Kier alpha value is -1.79. The van der Waals surface area contributed by atoms with Gasteiger partial charge in [0.05, 0.1) is 17.9 Å². The van der Waals surface area contributed by atoms with Crippen molar-refractivity contribution in [2.24, 2.45) is 11.8 Å². The molecule has 3 fully saturated rings. The van der Waals surface area contributed by atoms with Crippen LogP contribution in [-0.2, 0) is 4.74 Å². The van der Waals surface area contributed by atoms with E-state index in [0.717, 1.165) is 45.3 Å². The quantitative estimate of drug-likeness (QED) is 0.747. The first-order valence-electron chi connectivity index (χ1n) is 10.2. The molecule has 2 bridgehead atoms. The van der Waals surface area contributed by atoms with Crippen molar-refractivity contribution in [3.63, 3.8) is 0 Å². The van der Waals surface area contributed by atoms with Crippen molar-refractivity contribution in [1.29, 1.82) is 0 Å². The number of nitrogens with zero attached hydrogens (tertiary/aromatic N) is 3. The van der Waals surface area contributed by atoms with Crippen molar-refractivity contribution >= 4 is 5.91 Å². The number of aromatic nitrogens is 2. The molecule has 146 valence electrons. The minimum absolute atomic E-state index is 0.0239. The Kier molecular flexibility index (Phi) is 5.28. The van der Waals surface area contributed by atoms with Crippen molar-refractivity contribution in [3.8, 4) is 0 Å². The molecule has 3 aliphatic heterocycles. The van der Waals surface area contributed by atoms with Crippen LogP contribution in [-0.4, -0.2) is 58.7 Å². The summed E-state index contributed by atoms with van der Waals surface area (Å²) in [5.74, 6) is 0.780. The number of hydrogen-bond donors (Lipinski definition) is 1. The third-order valence-corrected chi connectivity index (χ3v) is 6.64. The summed E-state index contributed by atoms with van der Waals surface area (Å²) in [4.78, 5) is 22.9. The number of rotatable bonds is 7. The smallest absolute Gasteiger partial charge is 0.271 e. The molecule has 27 heavy (non-hydrogen) atoms. The summed E-state index contributed by atoms with van der Waals surface area (Å²) in [6.45, 7) is 8.30. The fourth-order valence-corrected chi connectivity index (χ4v) is 5.09. The highest BCUT2D eigenvalue weighted by molar-refractivity contribution is 5.91. The molecular formula is C21H30N4O2. The first-order valence-corrected chi connectivity index (χ1v) is 10.2. The summed E-state index contributed by atoms with van der Waals surface area (Å²) in [6.07, 6.45) is 11.8. The number of amides is 1. The van der Waals surface area contributed by atoms with Gasteiger partial charge in [-0.3, -0.25) is 14.7 Å². The molecule has 3 saturated heterocycles. The van der Waals surface area contributed by atoms with Crippen LogP contribution in [0.2, 0.25) is 0 Å². The normalized spacial score (nSPS) is 32.7. The van der Waals surface area contributed by atoms with E-state index in [2.05, 4.69) is 40.1 Å². The van der Waals surface area contributed by atoms with E-state index in [-0.39, 0.29) is 11.5 Å². The summed E-state index contributed by atoms with van der Waals surface area (Å²) in [5, 5.41) is 3.07. The highest BCUT2D eigenvalue weighted by Crippen LogP contribution is 2.54. The Labute approximate surface area is 161 Å². The maximum Gasteiger partial charge on any atom is 0.271 e. The number of allylic oxidation sites excluding steroid dienone is 1. The zero-order valence-corrected chi connectivity index (χ0v) is 16.4. The number of likely N-dealkylation sites (tertiary alicyclic amines) is 1. The molecule has 1 amide bonds. The molecule has 1 aromatic heterocycles. The zero-order valence-electron chi connectivity index (χ0n) is 16.4. The third-order valence-electron chi connectivity index (χ3n) is 6.64. The largest absolute Gasteiger partial charge is 0.370 e. The Morgan fingerprint density at radius 3 is 3.15 bits per heavy atom. The molecule has 6 nitrogen and oxygen atoms in total. The zero-order chi connectivity index (χ0) is 18.9. The van der Waals surface area contributed by atoms with Crippen LogP contribution in [0.5, 0.6) is 0 Å². The van der Waals surface area contributed by atoms with E-state index in [1.54, 1.807) is 12.4 Å². The van der Waals surface area contributed by atoms with Gasteiger partial charge in [-0.15, -0.1) is 0 Å². The van der Waals surface area contributed by atoms with Gasteiger partial charge in [-0.05, 0) is 32.6 Å².